The van der Waals surface area contributed by atoms with Crippen molar-refractivity contribution in [1.82, 2.24) is 20.4 Å². The fourth-order valence-electron chi connectivity index (χ4n) is 2.87. The lowest BCUT2D eigenvalue weighted by atomic mass is 10.1. The molecule has 6 nitrogen and oxygen atoms in total. The highest BCUT2D eigenvalue weighted by atomic mass is 127. The van der Waals surface area contributed by atoms with Crippen LogP contribution in [0.25, 0.3) is 0 Å². The Balaban J connectivity index is 0.00000300. The SMILES string of the molecule is CCNC(=NCc1ccc(OC)cc1)NCc1ccccc1Cn1cccn1.I. The highest BCUT2D eigenvalue weighted by Gasteiger charge is 2.05. The number of ether oxygens (including phenoxy) is 1. The molecule has 0 unspecified atom stereocenters. The molecule has 0 radical (unpaired) electrons. The Kier molecular flexibility index (Phi) is 9.49. The topological polar surface area (TPSA) is 63.5 Å². The second-order valence-corrected chi connectivity index (χ2v) is 6.37. The monoisotopic (exact) mass is 505 g/mol. The smallest absolute Gasteiger partial charge is 0.191 e. The molecule has 2 N–H and O–H groups in total. The number of methoxy groups -OCH3 is 1. The Morgan fingerprint density at radius 3 is 2.45 bits per heavy atom. The van der Waals surface area contributed by atoms with E-state index in [1.54, 1.807) is 13.3 Å². The first-order valence-electron chi connectivity index (χ1n) is 9.48. The van der Waals surface area contributed by atoms with Crippen LogP contribution >= 0.6 is 24.0 Å². The predicted octanol–water partition coefficient (Wildman–Crippen LogP) is 3.81. The third kappa shape index (κ3) is 7.08. The van der Waals surface area contributed by atoms with E-state index in [2.05, 4.69) is 46.9 Å². The van der Waals surface area contributed by atoms with E-state index in [9.17, 15) is 0 Å². The summed E-state index contributed by atoms with van der Waals surface area (Å²) in [5.41, 5.74) is 3.61. The normalized spacial score (nSPS) is 10.9. The quantitative estimate of drug-likeness (QED) is 0.278. The fourth-order valence-corrected chi connectivity index (χ4v) is 2.87. The van der Waals surface area contributed by atoms with Gasteiger partial charge in [-0.25, -0.2) is 4.99 Å². The summed E-state index contributed by atoms with van der Waals surface area (Å²) in [4.78, 5) is 4.70. The maximum absolute atomic E-state index is 5.20. The highest BCUT2D eigenvalue weighted by molar-refractivity contribution is 14.0. The van der Waals surface area contributed by atoms with E-state index in [1.165, 1.54) is 11.1 Å². The standard InChI is InChI=1S/C22H27N5O.HI/c1-3-23-22(24-15-18-9-11-21(28-2)12-10-18)25-16-19-7-4-5-8-20(19)17-27-14-6-13-26-27;/h4-14H,3,15-17H2,1-2H3,(H2,23,24,25);1H. The zero-order chi connectivity index (χ0) is 19.6. The zero-order valence-corrected chi connectivity index (χ0v) is 19.2. The molecule has 2 aromatic carbocycles. The van der Waals surface area contributed by atoms with Crippen LogP contribution in [0.15, 0.2) is 72.0 Å². The van der Waals surface area contributed by atoms with E-state index in [1.807, 2.05) is 41.2 Å². The number of aliphatic imine (C=N–C) groups is 1. The highest BCUT2D eigenvalue weighted by Crippen LogP contribution is 2.12. The number of nitrogens with one attached hydrogen (secondary N) is 2. The lowest BCUT2D eigenvalue weighted by Gasteiger charge is -2.14. The molecule has 0 fully saturated rings. The van der Waals surface area contributed by atoms with Gasteiger partial charge in [-0.15, -0.1) is 24.0 Å². The van der Waals surface area contributed by atoms with Crippen molar-refractivity contribution < 1.29 is 4.74 Å². The van der Waals surface area contributed by atoms with Crippen LogP contribution in [0.2, 0.25) is 0 Å². The number of hydrogen-bond donors (Lipinski definition) is 2. The second kappa shape index (κ2) is 12.1. The summed E-state index contributed by atoms with van der Waals surface area (Å²) in [6.45, 7) is 4.93. The molecule has 3 rings (SSSR count). The largest absolute Gasteiger partial charge is 0.497 e. The Hall–Kier alpha value is -2.55. The molecular weight excluding hydrogens is 477 g/mol. The minimum Gasteiger partial charge on any atom is -0.497 e. The molecule has 0 saturated carbocycles. The van der Waals surface area contributed by atoms with Crippen LogP contribution in [-0.4, -0.2) is 29.4 Å². The molecule has 0 aliphatic rings. The van der Waals surface area contributed by atoms with Gasteiger partial charge in [0, 0.05) is 25.5 Å². The minimum absolute atomic E-state index is 0. The maximum atomic E-state index is 5.20. The number of rotatable bonds is 8. The molecule has 7 heteroatoms. The number of guanidine groups is 1. The summed E-state index contributed by atoms with van der Waals surface area (Å²) < 4.78 is 7.14. The number of aromatic nitrogens is 2. The van der Waals surface area contributed by atoms with Crippen molar-refractivity contribution in [3.8, 4) is 5.75 Å². The van der Waals surface area contributed by atoms with Gasteiger partial charge >= 0.3 is 0 Å². The molecule has 154 valence electrons. The molecule has 0 atom stereocenters. The predicted molar refractivity (Wildman–Crippen MR) is 128 cm³/mol. The summed E-state index contributed by atoms with van der Waals surface area (Å²) >= 11 is 0. The molecular formula is C22H28IN5O. The van der Waals surface area contributed by atoms with Crippen molar-refractivity contribution in [3.05, 3.63) is 83.7 Å². The molecule has 0 bridgehead atoms. The van der Waals surface area contributed by atoms with Crippen LogP contribution in [0.5, 0.6) is 5.75 Å². The van der Waals surface area contributed by atoms with Gasteiger partial charge in [-0.05, 0) is 41.8 Å². The van der Waals surface area contributed by atoms with Crippen LogP contribution < -0.4 is 15.4 Å². The van der Waals surface area contributed by atoms with Gasteiger partial charge in [-0.3, -0.25) is 4.68 Å². The van der Waals surface area contributed by atoms with E-state index < -0.39 is 0 Å². The number of benzene rings is 2. The molecule has 0 spiro atoms. The van der Waals surface area contributed by atoms with E-state index >= 15 is 0 Å². The summed E-state index contributed by atoms with van der Waals surface area (Å²) in [6, 6.07) is 18.3. The first-order chi connectivity index (χ1) is 13.8. The average molecular weight is 505 g/mol. The van der Waals surface area contributed by atoms with Gasteiger partial charge in [0.1, 0.15) is 5.75 Å². The second-order valence-electron chi connectivity index (χ2n) is 6.37. The lowest BCUT2D eigenvalue weighted by Crippen LogP contribution is -2.37. The minimum atomic E-state index is 0. The molecule has 29 heavy (non-hydrogen) atoms. The van der Waals surface area contributed by atoms with Crippen LogP contribution in [0.3, 0.4) is 0 Å². The number of nitrogens with zero attached hydrogens (tertiary/aromatic N) is 3. The van der Waals surface area contributed by atoms with Gasteiger partial charge in [-0.2, -0.15) is 5.10 Å². The Morgan fingerprint density at radius 2 is 1.79 bits per heavy atom. The maximum Gasteiger partial charge on any atom is 0.191 e. The molecule has 1 aromatic heterocycles. The van der Waals surface area contributed by atoms with Crippen molar-refractivity contribution in [3.63, 3.8) is 0 Å². The van der Waals surface area contributed by atoms with E-state index in [0.717, 1.165) is 30.4 Å². The van der Waals surface area contributed by atoms with Gasteiger partial charge in [0.15, 0.2) is 5.96 Å². The van der Waals surface area contributed by atoms with Crippen LogP contribution in [-0.2, 0) is 19.6 Å². The third-order valence-corrected chi connectivity index (χ3v) is 4.38. The van der Waals surface area contributed by atoms with Crippen molar-refractivity contribution in [2.45, 2.75) is 26.6 Å². The van der Waals surface area contributed by atoms with Crippen molar-refractivity contribution in [1.29, 1.82) is 0 Å². The average Bonchev–Trinajstić information content (AvgIpc) is 3.24. The van der Waals surface area contributed by atoms with Crippen molar-refractivity contribution in [2.24, 2.45) is 4.99 Å². The van der Waals surface area contributed by atoms with E-state index in [4.69, 9.17) is 9.73 Å². The fraction of sp³-hybridized carbons (Fsp3) is 0.273. The van der Waals surface area contributed by atoms with Crippen LogP contribution in [0.4, 0.5) is 0 Å². The molecule has 0 aliphatic carbocycles. The van der Waals surface area contributed by atoms with E-state index in [0.29, 0.717) is 13.1 Å². The summed E-state index contributed by atoms with van der Waals surface area (Å²) in [7, 11) is 1.67. The van der Waals surface area contributed by atoms with Gasteiger partial charge < -0.3 is 15.4 Å². The lowest BCUT2D eigenvalue weighted by molar-refractivity contribution is 0.414. The molecule has 0 amide bonds. The van der Waals surface area contributed by atoms with E-state index in [-0.39, 0.29) is 24.0 Å². The zero-order valence-electron chi connectivity index (χ0n) is 16.8. The van der Waals surface area contributed by atoms with Gasteiger partial charge in [0.05, 0.1) is 20.2 Å². The van der Waals surface area contributed by atoms with Gasteiger partial charge in [0.25, 0.3) is 0 Å². The molecule has 0 aliphatic heterocycles. The Labute approximate surface area is 189 Å². The molecule has 1 heterocycles. The first-order valence-corrected chi connectivity index (χ1v) is 9.48. The van der Waals surface area contributed by atoms with Crippen LogP contribution in [0.1, 0.15) is 23.6 Å². The summed E-state index contributed by atoms with van der Waals surface area (Å²) in [5, 5.41) is 11.0. The first kappa shape index (κ1) is 22.7. The van der Waals surface area contributed by atoms with Crippen molar-refractivity contribution >= 4 is 29.9 Å². The third-order valence-electron chi connectivity index (χ3n) is 4.38. The molecule has 0 saturated heterocycles. The number of hydrogen-bond acceptors (Lipinski definition) is 3. The van der Waals surface area contributed by atoms with Crippen molar-refractivity contribution in [2.75, 3.05) is 13.7 Å². The van der Waals surface area contributed by atoms with Gasteiger partial charge in [-0.1, -0.05) is 36.4 Å². The summed E-state index contributed by atoms with van der Waals surface area (Å²) in [5.74, 6) is 1.65. The summed E-state index contributed by atoms with van der Waals surface area (Å²) in [6.07, 6.45) is 3.78. The Morgan fingerprint density at radius 1 is 1.03 bits per heavy atom. The molecule has 3 aromatic rings. The number of halogens is 1. The Bertz CT molecular complexity index is 878. The van der Waals surface area contributed by atoms with Gasteiger partial charge in [0.2, 0.25) is 0 Å². The van der Waals surface area contributed by atoms with Crippen LogP contribution in [0, 0.1) is 0 Å².